The van der Waals surface area contributed by atoms with Gasteiger partial charge in [-0.05, 0) is 48.7 Å². The summed E-state index contributed by atoms with van der Waals surface area (Å²) in [7, 11) is 3.84. The summed E-state index contributed by atoms with van der Waals surface area (Å²) in [5, 5.41) is 4.03. The third kappa shape index (κ3) is 3.57. The lowest BCUT2D eigenvalue weighted by Crippen LogP contribution is -2.30. The maximum Gasteiger partial charge on any atom is 0.347 e. The Morgan fingerprint density at radius 3 is 2.63 bits per heavy atom. The Morgan fingerprint density at radius 1 is 1.13 bits per heavy atom. The van der Waals surface area contributed by atoms with Crippen LogP contribution in [-0.2, 0) is 32.1 Å². The minimum Gasteiger partial charge on any atom is -0.463 e. The minimum atomic E-state index is -0.516. The molecule has 7 heteroatoms. The number of carbonyl (C=O) groups is 2. The number of amides is 1. The molecular formula is C23H25N3O4. The molecule has 2 heterocycles. The van der Waals surface area contributed by atoms with Gasteiger partial charge in [-0.3, -0.25) is 4.79 Å². The van der Waals surface area contributed by atoms with E-state index >= 15 is 0 Å². The first-order chi connectivity index (χ1) is 14.5. The first-order valence-electron chi connectivity index (χ1n) is 10.1. The Bertz CT molecular complexity index is 1020. The van der Waals surface area contributed by atoms with Crippen LogP contribution in [-0.4, -0.2) is 56.3 Å². The van der Waals surface area contributed by atoms with Crippen molar-refractivity contribution in [2.75, 3.05) is 38.8 Å². The fraction of sp³-hybridized carbons (Fsp3) is 0.348. The van der Waals surface area contributed by atoms with Gasteiger partial charge < -0.3 is 19.4 Å². The molecule has 0 unspecified atom stereocenters. The van der Waals surface area contributed by atoms with E-state index in [1.54, 1.807) is 18.9 Å². The van der Waals surface area contributed by atoms with E-state index in [1.807, 2.05) is 24.3 Å². The van der Waals surface area contributed by atoms with E-state index in [2.05, 4.69) is 29.2 Å². The van der Waals surface area contributed by atoms with Gasteiger partial charge in [0.2, 0.25) is 6.61 Å². The zero-order chi connectivity index (χ0) is 21.3. The number of carbonyl (C=O) groups excluding carboxylic acids is 2. The third-order valence-electron chi connectivity index (χ3n) is 5.52. The number of ether oxygens (including phenoxy) is 1. The van der Waals surface area contributed by atoms with E-state index in [4.69, 9.17) is 9.57 Å². The van der Waals surface area contributed by atoms with Gasteiger partial charge in [0, 0.05) is 25.7 Å². The van der Waals surface area contributed by atoms with Gasteiger partial charge in [0.15, 0.2) is 5.71 Å². The topological polar surface area (TPSA) is 71.4 Å². The summed E-state index contributed by atoms with van der Waals surface area (Å²) < 4.78 is 4.85. The zero-order valence-electron chi connectivity index (χ0n) is 17.5. The van der Waals surface area contributed by atoms with E-state index < -0.39 is 5.97 Å². The van der Waals surface area contributed by atoms with Gasteiger partial charge in [0.25, 0.3) is 5.91 Å². The fourth-order valence-corrected chi connectivity index (χ4v) is 4.13. The molecule has 0 aliphatic carbocycles. The average Bonchev–Trinajstić information content (AvgIpc) is 2.98. The van der Waals surface area contributed by atoms with Crippen molar-refractivity contribution in [2.24, 2.45) is 5.16 Å². The maximum absolute atomic E-state index is 13.0. The van der Waals surface area contributed by atoms with E-state index in [0.717, 1.165) is 47.5 Å². The van der Waals surface area contributed by atoms with Gasteiger partial charge in [-0.2, -0.15) is 0 Å². The van der Waals surface area contributed by atoms with Gasteiger partial charge >= 0.3 is 5.97 Å². The van der Waals surface area contributed by atoms with Crippen LogP contribution < -0.4 is 4.90 Å². The molecule has 0 radical (unpaired) electrons. The molecule has 7 nitrogen and oxygen atoms in total. The van der Waals surface area contributed by atoms with E-state index in [1.165, 1.54) is 5.56 Å². The standard InChI is InChI=1S/C23H25N3O4/c1-4-29-20(27)14-30-24-21-18-12-17(15-8-6-5-7-9-15)16-10-11-25(2)13-19(16)22(18)26(3)23(21)28/h5-9,12H,4,10-11,13-14H2,1-3H3. The van der Waals surface area contributed by atoms with Crippen LogP contribution in [0.15, 0.2) is 41.6 Å². The lowest BCUT2D eigenvalue weighted by atomic mass is 9.87. The molecule has 0 saturated carbocycles. The maximum atomic E-state index is 13.0. The summed E-state index contributed by atoms with van der Waals surface area (Å²) >= 11 is 0. The SMILES string of the molecule is CCOC(=O)CON=C1C(=O)N(C)c2c1cc(-c1ccccc1)c1c2CN(C)CC1. The van der Waals surface area contributed by atoms with Crippen molar-refractivity contribution in [2.45, 2.75) is 19.9 Å². The number of hydrogen-bond acceptors (Lipinski definition) is 6. The molecule has 0 N–H and O–H groups in total. The van der Waals surface area contributed by atoms with E-state index in [-0.39, 0.29) is 24.8 Å². The van der Waals surface area contributed by atoms with Crippen molar-refractivity contribution in [1.82, 2.24) is 4.90 Å². The largest absolute Gasteiger partial charge is 0.463 e. The van der Waals surface area contributed by atoms with Crippen LogP contribution in [0, 0.1) is 0 Å². The van der Waals surface area contributed by atoms with Gasteiger partial charge in [-0.25, -0.2) is 4.79 Å². The highest BCUT2D eigenvalue weighted by atomic mass is 16.7. The Balaban J connectivity index is 1.81. The highest BCUT2D eigenvalue weighted by Gasteiger charge is 2.37. The molecule has 0 saturated heterocycles. The molecule has 2 aliphatic rings. The van der Waals surface area contributed by atoms with Gasteiger partial charge in [0.1, 0.15) is 0 Å². The summed E-state index contributed by atoms with van der Waals surface area (Å²) in [4.78, 5) is 33.6. The molecule has 0 aromatic heterocycles. The number of benzene rings is 2. The van der Waals surface area contributed by atoms with Crippen LogP contribution in [0.5, 0.6) is 0 Å². The lowest BCUT2D eigenvalue weighted by molar-refractivity contribution is -0.148. The molecule has 1 amide bonds. The molecule has 2 aromatic carbocycles. The van der Waals surface area contributed by atoms with Crippen LogP contribution >= 0.6 is 0 Å². The minimum absolute atomic E-state index is 0.213. The van der Waals surface area contributed by atoms with Crippen LogP contribution in [0.1, 0.15) is 23.6 Å². The first kappa shape index (κ1) is 20.1. The fourth-order valence-electron chi connectivity index (χ4n) is 4.13. The number of nitrogens with zero attached hydrogens (tertiary/aromatic N) is 3. The summed E-state index contributed by atoms with van der Waals surface area (Å²) in [6.45, 7) is 3.38. The number of fused-ring (bicyclic) bond motifs is 3. The first-order valence-corrected chi connectivity index (χ1v) is 10.1. The second-order valence-corrected chi connectivity index (χ2v) is 7.51. The number of oxime groups is 1. The Labute approximate surface area is 175 Å². The van der Waals surface area contributed by atoms with Crippen molar-refractivity contribution in [3.05, 3.63) is 53.1 Å². The molecule has 0 spiro atoms. The summed E-state index contributed by atoms with van der Waals surface area (Å²) in [6.07, 6.45) is 0.914. The molecule has 156 valence electrons. The molecule has 4 rings (SSSR count). The molecule has 0 fully saturated rings. The molecule has 30 heavy (non-hydrogen) atoms. The highest BCUT2D eigenvalue weighted by Crippen LogP contribution is 2.42. The smallest absolute Gasteiger partial charge is 0.347 e. The Hall–Kier alpha value is -3.19. The van der Waals surface area contributed by atoms with Crippen molar-refractivity contribution >= 4 is 23.3 Å². The monoisotopic (exact) mass is 407 g/mol. The third-order valence-corrected chi connectivity index (χ3v) is 5.52. The summed E-state index contributed by atoms with van der Waals surface area (Å²) in [5.74, 6) is -0.757. The predicted octanol–water partition coefficient (Wildman–Crippen LogP) is 2.60. The molecule has 0 bridgehead atoms. The highest BCUT2D eigenvalue weighted by molar-refractivity contribution is 6.54. The van der Waals surface area contributed by atoms with Crippen molar-refractivity contribution in [3.8, 4) is 11.1 Å². The molecular weight excluding hydrogens is 382 g/mol. The van der Waals surface area contributed by atoms with Crippen LogP contribution in [0.25, 0.3) is 11.1 Å². The second-order valence-electron chi connectivity index (χ2n) is 7.51. The summed E-state index contributed by atoms with van der Waals surface area (Å²) in [6, 6.07) is 12.2. The normalized spacial score (nSPS) is 17.1. The Kier molecular flexibility index (Phi) is 5.55. The molecule has 2 aliphatic heterocycles. The van der Waals surface area contributed by atoms with E-state index in [0.29, 0.717) is 0 Å². The van der Waals surface area contributed by atoms with Crippen LogP contribution in [0.2, 0.25) is 0 Å². The zero-order valence-corrected chi connectivity index (χ0v) is 17.5. The van der Waals surface area contributed by atoms with Crippen molar-refractivity contribution in [3.63, 3.8) is 0 Å². The molecule has 2 aromatic rings. The number of likely N-dealkylation sites (N-methyl/N-ethyl adjacent to an activating group) is 2. The quantitative estimate of drug-likeness (QED) is 0.563. The predicted molar refractivity (Wildman–Crippen MR) is 114 cm³/mol. The number of esters is 1. The average molecular weight is 407 g/mol. The number of hydrogen-bond donors (Lipinski definition) is 0. The number of anilines is 1. The van der Waals surface area contributed by atoms with Gasteiger partial charge in [-0.1, -0.05) is 35.5 Å². The summed E-state index contributed by atoms with van der Waals surface area (Å²) in [5.41, 5.74) is 6.45. The van der Waals surface area contributed by atoms with Gasteiger partial charge in [0.05, 0.1) is 12.3 Å². The van der Waals surface area contributed by atoms with Crippen molar-refractivity contribution < 1.29 is 19.2 Å². The molecule has 0 atom stereocenters. The van der Waals surface area contributed by atoms with Crippen LogP contribution in [0.3, 0.4) is 0 Å². The van der Waals surface area contributed by atoms with Crippen molar-refractivity contribution in [1.29, 1.82) is 0 Å². The second kappa shape index (κ2) is 8.28. The van der Waals surface area contributed by atoms with Crippen LogP contribution in [0.4, 0.5) is 5.69 Å². The van der Waals surface area contributed by atoms with Gasteiger partial charge in [-0.15, -0.1) is 0 Å². The van der Waals surface area contributed by atoms with E-state index in [9.17, 15) is 9.59 Å². The Morgan fingerprint density at radius 2 is 1.90 bits per heavy atom. The number of rotatable bonds is 5. The lowest BCUT2D eigenvalue weighted by Gasteiger charge is -2.30.